The second kappa shape index (κ2) is 6.22. The minimum atomic E-state index is -0.437. The SMILES string of the molecule is Nc1ccc(Cl)c(C(=O)Nc2c(Cl)cc(Br)cc2Cl)c1. The topological polar surface area (TPSA) is 55.1 Å². The molecule has 0 aliphatic rings. The Morgan fingerprint density at radius 1 is 1.05 bits per heavy atom. The van der Waals surface area contributed by atoms with Gasteiger partial charge in [0.15, 0.2) is 0 Å². The smallest absolute Gasteiger partial charge is 0.257 e. The highest BCUT2D eigenvalue weighted by atomic mass is 79.9. The van der Waals surface area contributed by atoms with Crippen molar-refractivity contribution >= 4 is 68.0 Å². The van der Waals surface area contributed by atoms with Crippen LogP contribution in [0.15, 0.2) is 34.8 Å². The van der Waals surface area contributed by atoms with Crippen LogP contribution in [0.25, 0.3) is 0 Å². The Morgan fingerprint density at radius 3 is 2.25 bits per heavy atom. The lowest BCUT2D eigenvalue weighted by Gasteiger charge is -2.11. The van der Waals surface area contributed by atoms with E-state index in [0.29, 0.717) is 30.9 Å². The average molecular weight is 394 g/mol. The van der Waals surface area contributed by atoms with Crippen molar-refractivity contribution in [3.63, 3.8) is 0 Å². The molecule has 3 N–H and O–H groups in total. The number of benzene rings is 2. The lowest BCUT2D eigenvalue weighted by Crippen LogP contribution is -2.13. The molecule has 0 saturated heterocycles. The summed E-state index contributed by atoms with van der Waals surface area (Å²) in [5, 5.41) is 3.55. The average Bonchev–Trinajstić information content (AvgIpc) is 2.36. The van der Waals surface area contributed by atoms with Crippen LogP contribution in [0, 0.1) is 0 Å². The molecule has 0 aliphatic heterocycles. The van der Waals surface area contributed by atoms with Crippen LogP contribution in [0.3, 0.4) is 0 Å². The molecule has 2 aromatic carbocycles. The van der Waals surface area contributed by atoms with Gasteiger partial charge in [0, 0.05) is 10.2 Å². The number of nitrogens with two attached hydrogens (primary N) is 1. The summed E-state index contributed by atoms with van der Waals surface area (Å²) in [4.78, 5) is 12.2. The molecule has 0 atom stereocenters. The summed E-state index contributed by atoms with van der Waals surface area (Å²) in [6, 6.07) is 7.90. The molecule has 0 bridgehead atoms. The molecule has 104 valence electrons. The summed E-state index contributed by atoms with van der Waals surface area (Å²) >= 11 is 21.3. The van der Waals surface area contributed by atoms with Crippen LogP contribution in [-0.4, -0.2) is 5.91 Å². The fourth-order valence-corrected chi connectivity index (χ4v) is 3.07. The highest BCUT2D eigenvalue weighted by Crippen LogP contribution is 2.34. The molecule has 0 heterocycles. The van der Waals surface area contributed by atoms with E-state index >= 15 is 0 Å². The molecule has 0 fully saturated rings. The first kappa shape index (κ1) is 15.4. The molecule has 7 heteroatoms. The van der Waals surface area contributed by atoms with E-state index in [0.717, 1.165) is 0 Å². The zero-order chi connectivity index (χ0) is 14.9. The Bertz CT molecular complexity index is 668. The van der Waals surface area contributed by atoms with Crippen molar-refractivity contribution in [3.05, 3.63) is 55.4 Å². The number of hydrogen-bond acceptors (Lipinski definition) is 2. The van der Waals surface area contributed by atoms with Gasteiger partial charge in [-0.2, -0.15) is 0 Å². The first-order chi connectivity index (χ1) is 9.38. The van der Waals surface area contributed by atoms with Gasteiger partial charge in [-0.15, -0.1) is 0 Å². The third-order valence-electron chi connectivity index (χ3n) is 2.48. The summed E-state index contributed by atoms with van der Waals surface area (Å²) in [6.07, 6.45) is 0. The van der Waals surface area contributed by atoms with E-state index in [9.17, 15) is 4.79 Å². The lowest BCUT2D eigenvalue weighted by atomic mass is 10.2. The summed E-state index contributed by atoms with van der Waals surface area (Å²) in [6.45, 7) is 0. The highest BCUT2D eigenvalue weighted by Gasteiger charge is 2.15. The normalized spacial score (nSPS) is 10.4. The van der Waals surface area contributed by atoms with Gasteiger partial charge in [0.25, 0.3) is 5.91 Å². The quantitative estimate of drug-likeness (QED) is 0.684. The van der Waals surface area contributed by atoms with E-state index in [-0.39, 0.29) is 5.56 Å². The van der Waals surface area contributed by atoms with Gasteiger partial charge in [0.05, 0.1) is 26.3 Å². The van der Waals surface area contributed by atoms with E-state index in [1.165, 1.54) is 6.07 Å². The largest absolute Gasteiger partial charge is 0.399 e. The molecule has 2 rings (SSSR count). The van der Waals surface area contributed by atoms with Crippen molar-refractivity contribution in [2.75, 3.05) is 11.1 Å². The monoisotopic (exact) mass is 392 g/mol. The van der Waals surface area contributed by atoms with E-state index in [2.05, 4.69) is 21.2 Å². The van der Waals surface area contributed by atoms with Crippen LogP contribution in [0.1, 0.15) is 10.4 Å². The molecule has 0 radical (unpaired) electrons. The van der Waals surface area contributed by atoms with Crippen molar-refractivity contribution in [1.82, 2.24) is 0 Å². The Balaban J connectivity index is 2.35. The fraction of sp³-hybridized carbons (Fsp3) is 0. The van der Waals surface area contributed by atoms with Gasteiger partial charge in [-0.25, -0.2) is 0 Å². The Labute approximate surface area is 139 Å². The van der Waals surface area contributed by atoms with Crippen LogP contribution < -0.4 is 11.1 Å². The molecule has 0 aromatic heterocycles. The van der Waals surface area contributed by atoms with Crippen LogP contribution >= 0.6 is 50.7 Å². The standard InChI is InChI=1S/C13H8BrCl3N2O/c14-6-3-10(16)12(11(17)4-6)19-13(20)8-5-7(18)1-2-9(8)15/h1-5H,18H2,(H,19,20). The maximum absolute atomic E-state index is 12.2. The van der Waals surface area contributed by atoms with E-state index in [1.807, 2.05) is 0 Å². The molecule has 1 amide bonds. The Hall–Kier alpha value is -0.940. The molecule has 0 saturated carbocycles. The molecule has 0 spiro atoms. The second-order valence-corrected chi connectivity index (χ2v) is 6.08. The highest BCUT2D eigenvalue weighted by molar-refractivity contribution is 9.10. The zero-order valence-electron chi connectivity index (χ0n) is 9.88. The van der Waals surface area contributed by atoms with Crippen LogP contribution in [0.2, 0.25) is 15.1 Å². The summed E-state index contributed by atoms with van der Waals surface area (Å²) in [7, 11) is 0. The van der Waals surface area contributed by atoms with Crippen molar-refractivity contribution in [2.45, 2.75) is 0 Å². The summed E-state index contributed by atoms with van der Waals surface area (Å²) in [5.41, 5.74) is 6.65. The summed E-state index contributed by atoms with van der Waals surface area (Å²) in [5.74, 6) is -0.437. The van der Waals surface area contributed by atoms with Gasteiger partial charge in [0.2, 0.25) is 0 Å². The number of carbonyl (C=O) groups is 1. The van der Waals surface area contributed by atoms with Gasteiger partial charge in [-0.3, -0.25) is 4.79 Å². The van der Waals surface area contributed by atoms with Gasteiger partial charge < -0.3 is 11.1 Å². The fourth-order valence-electron chi connectivity index (χ4n) is 1.56. The Morgan fingerprint density at radius 2 is 1.65 bits per heavy atom. The van der Waals surface area contributed by atoms with E-state index < -0.39 is 5.91 Å². The number of halogens is 4. The van der Waals surface area contributed by atoms with Gasteiger partial charge in [-0.05, 0) is 30.3 Å². The number of nitrogens with one attached hydrogen (secondary N) is 1. The van der Waals surface area contributed by atoms with E-state index in [4.69, 9.17) is 40.5 Å². The van der Waals surface area contributed by atoms with Crippen molar-refractivity contribution in [3.8, 4) is 0 Å². The van der Waals surface area contributed by atoms with Crippen LogP contribution in [-0.2, 0) is 0 Å². The minimum absolute atomic E-state index is 0.252. The number of hydrogen-bond donors (Lipinski definition) is 2. The maximum atomic E-state index is 12.2. The molecule has 0 unspecified atom stereocenters. The first-order valence-corrected chi connectivity index (χ1v) is 7.32. The third kappa shape index (κ3) is 3.38. The molecule has 0 aliphatic carbocycles. The number of nitrogen functional groups attached to an aromatic ring is 1. The predicted octanol–water partition coefficient (Wildman–Crippen LogP) is 5.24. The molecule has 2 aromatic rings. The maximum Gasteiger partial charge on any atom is 0.257 e. The van der Waals surface area contributed by atoms with E-state index in [1.54, 1.807) is 24.3 Å². The lowest BCUT2D eigenvalue weighted by molar-refractivity contribution is 0.102. The third-order valence-corrected chi connectivity index (χ3v) is 3.86. The zero-order valence-corrected chi connectivity index (χ0v) is 13.7. The van der Waals surface area contributed by atoms with Crippen molar-refractivity contribution < 1.29 is 4.79 Å². The molecule has 3 nitrogen and oxygen atoms in total. The van der Waals surface area contributed by atoms with Gasteiger partial charge in [0.1, 0.15) is 0 Å². The molecular weight excluding hydrogens is 386 g/mol. The number of amides is 1. The summed E-state index contributed by atoms with van der Waals surface area (Å²) < 4.78 is 0.715. The van der Waals surface area contributed by atoms with Crippen molar-refractivity contribution in [2.24, 2.45) is 0 Å². The number of carbonyl (C=O) groups excluding carboxylic acids is 1. The van der Waals surface area contributed by atoms with Crippen LogP contribution in [0.4, 0.5) is 11.4 Å². The van der Waals surface area contributed by atoms with Crippen LogP contribution in [0.5, 0.6) is 0 Å². The minimum Gasteiger partial charge on any atom is -0.399 e. The number of anilines is 2. The van der Waals surface area contributed by atoms with Gasteiger partial charge in [-0.1, -0.05) is 50.7 Å². The van der Waals surface area contributed by atoms with Crippen molar-refractivity contribution in [1.29, 1.82) is 0 Å². The predicted molar refractivity (Wildman–Crippen MR) is 88.0 cm³/mol. The number of rotatable bonds is 2. The molecule has 20 heavy (non-hydrogen) atoms. The first-order valence-electron chi connectivity index (χ1n) is 5.39. The second-order valence-electron chi connectivity index (χ2n) is 3.94. The Kier molecular flexibility index (Phi) is 4.81. The molecular formula is C13H8BrCl3N2O. The van der Waals surface area contributed by atoms with Gasteiger partial charge >= 0.3 is 0 Å².